The first-order chi connectivity index (χ1) is 14.5. The van der Waals surface area contributed by atoms with Crippen molar-refractivity contribution in [1.29, 1.82) is 5.26 Å². The van der Waals surface area contributed by atoms with Crippen LogP contribution in [0.15, 0.2) is 58.4 Å². The smallest absolute Gasteiger partial charge is 0.224 e. The van der Waals surface area contributed by atoms with E-state index in [2.05, 4.69) is 27.1 Å². The Hall–Kier alpha value is -3.44. The molecule has 2 heterocycles. The number of phenols is 1. The number of nitrogens with two attached hydrogens (primary N) is 1. The maximum Gasteiger partial charge on any atom is 0.224 e. The second-order valence-corrected chi connectivity index (χ2v) is 7.62. The van der Waals surface area contributed by atoms with Gasteiger partial charge >= 0.3 is 0 Å². The topological polar surface area (TPSA) is 106 Å². The number of halogens is 1. The molecule has 1 aliphatic rings. The molecule has 0 saturated heterocycles. The maximum absolute atomic E-state index is 10.3. The van der Waals surface area contributed by atoms with Crippen molar-refractivity contribution >= 4 is 15.9 Å². The summed E-state index contributed by atoms with van der Waals surface area (Å²) in [4.78, 5) is 0. The zero-order valence-electron chi connectivity index (χ0n) is 16.4. The summed E-state index contributed by atoms with van der Waals surface area (Å²) in [6.45, 7) is 2.22. The van der Waals surface area contributed by atoms with Gasteiger partial charge in [0.25, 0.3) is 0 Å². The molecule has 1 atom stereocenters. The Morgan fingerprint density at radius 2 is 2.07 bits per heavy atom. The first-order valence-corrected chi connectivity index (χ1v) is 10.1. The molecule has 0 amide bonds. The average Bonchev–Trinajstić information content (AvgIpc) is 3.07. The first-order valence-electron chi connectivity index (χ1n) is 9.31. The molecule has 0 saturated carbocycles. The molecule has 0 aliphatic carbocycles. The van der Waals surface area contributed by atoms with Crippen LogP contribution < -0.4 is 15.2 Å². The van der Waals surface area contributed by atoms with Crippen molar-refractivity contribution in [2.45, 2.75) is 12.8 Å². The van der Waals surface area contributed by atoms with Crippen molar-refractivity contribution in [3.63, 3.8) is 0 Å². The van der Waals surface area contributed by atoms with E-state index in [1.807, 2.05) is 37.3 Å². The SMILES string of the molecule is CCOc1cc(C2C(C#N)=C(N)Oc3c2c(-c2ccccc2)nn3C)cc(Br)c1O. The number of aromatic hydroxyl groups is 1. The minimum atomic E-state index is -0.543. The third-order valence-corrected chi connectivity index (χ3v) is 5.53. The van der Waals surface area contributed by atoms with Gasteiger partial charge in [-0.1, -0.05) is 30.3 Å². The van der Waals surface area contributed by atoms with Gasteiger partial charge in [-0.2, -0.15) is 10.4 Å². The molecule has 4 rings (SSSR count). The molecule has 0 bridgehead atoms. The summed E-state index contributed by atoms with van der Waals surface area (Å²) in [6, 6.07) is 15.3. The van der Waals surface area contributed by atoms with Crippen molar-refractivity contribution in [1.82, 2.24) is 9.78 Å². The van der Waals surface area contributed by atoms with Gasteiger partial charge in [0.2, 0.25) is 11.8 Å². The number of ether oxygens (including phenoxy) is 2. The highest BCUT2D eigenvalue weighted by atomic mass is 79.9. The molecule has 3 N–H and O–H groups in total. The molecule has 152 valence electrons. The first kappa shape index (κ1) is 19.9. The minimum absolute atomic E-state index is 0.00203. The second-order valence-electron chi connectivity index (χ2n) is 6.76. The summed E-state index contributed by atoms with van der Waals surface area (Å²) in [5.74, 6) is 0.268. The maximum atomic E-state index is 10.3. The van der Waals surface area contributed by atoms with E-state index in [4.69, 9.17) is 15.2 Å². The fraction of sp³-hybridized carbons (Fsp3) is 0.182. The standard InChI is InChI=1S/C22H19BrN4O3/c1-3-29-16-10-13(9-15(23)20(16)28)17-14(11-24)21(25)30-22-18(17)19(26-27(22)2)12-7-5-4-6-8-12/h4-10,17,28H,3,25H2,1-2H3. The summed E-state index contributed by atoms with van der Waals surface area (Å²) in [6.07, 6.45) is 0. The van der Waals surface area contributed by atoms with Crippen LogP contribution in [0.5, 0.6) is 17.4 Å². The van der Waals surface area contributed by atoms with Crippen LogP contribution in [0, 0.1) is 11.3 Å². The Morgan fingerprint density at radius 1 is 1.33 bits per heavy atom. The summed E-state index contributed by atoms with van der Waals surface area (Å²) in [5, 5.41) is 24.9. The van der Waals surface area contributed by atoms with Crippen molar-refractivity contribution < 1.29 is 14.6 Å². The molecule has 1 aliphatic heterocycles. The number of hydrogen-bond acceptors (Lipinski definition) is 6. The van der Waals surface area contributed by atoms with Gasteiger partial charge in [0.05, 0.1) is 22.6 Å². The predicted octanol–water partition coefficient (Wildman–Crippen LogP) is 4.17. The van der Waals surface area contributed by atoms with E-state index >= 15 is 0 Å². The lowest BCUT2D eigenvalue weighted by atomic mass is 9.83. The lowest BCUT2D eigenvalue weighted by Gasteiger charge is -2.25. The van der Waals surface area contributed by atoms with Crippen molar-refractivity contribution in [2.24, 2.45) is 12.8 Å². The third-order valence-electron chi connectivity index (χ3n) is 4.93. The van der Waals surface area contributed by atoms with Gasteiger partial charge in [-0.05, 0) is 40.5 Å². The fourth-order valence-electron chi connectivity index (χ4n) is 3.64. The molecule has 8 heteroatoms. The summed E-state index contributed by atoms with van der Waals surface area (Å²) in [5.41, 5.74) is 9.42. The lowest BCUT2D eigenvalue weighted by Crippen LogP contribution is -2.22. The molecule has 0 radical (unpaired) electrons. The number of nitriles is 1. The zero-order chi connectivity index (χ0) is 21.4. The minimum Gasteiger partial charge on any atom is -0.503 e. The number of hydrogen-bond donors (Lipinski definition) is 2. The summed E-state index contributed by atoms with van der Waals surface area (Å²) >= 11 is 3.39. The number of rotatable bonds is 4. The van der Waals surface area contributed by atoms with Gasteiger partial charge in [0.1, 0.15) is 17.3 Å². The fourth-order valence-corrected chi connectivity index (χ4v) is 4.10. The molecule has 1 unspecified atom stereocenters. The van der Waals surface area contributed by atoms with E-state index in [0.29, 0.717) is 28.4 Å². The molecule has 30 heavy (non-hydrogen) atoms. The Bertz CT molecular complexity index is 1200. The molecule has 7 nitrogen and oxygen atoms in total. The van der Waals surface area contributed by atoms with Crippen LogP contribution in [0.3, 0.4) is 0 Å². The molecule has 3 aromatic rings. The molecule has 0 fully saturated rings. The number of fused-ring (bicyclic) bond motifs is 1. The molecular weight excluding hydrogens is 448 g/mol. The van der Waals surface area contributed by atoms with Crippen LogP contribution in [-0.2, 0) is 7.05 Å². The zero-order valence-corrected chi connectivity index (χ0v) is 18.0. The highest BCUT2D eigenvalue weighted by Crippen LogP contribution is 2.49. The number of aromatic nitrogens is 2. The van der Waals surface area contributed by atoms with Gasteiger partial charge in [0, 0.05) is 12.6 Å². The molecule has 1 aromatic heterocycles. The number of nitrogens with zero attached hydrogens (tertiary/aromatic N) is 3. The van der Waals surface area contributed by atoms with E-state index in [-0.39, 0.29) is 17.2 Å². The monoisotopic (exact) mass is 466 g/mol. The average molecular weight is 467 g/mol. The summed E-state index contributed by atoms with van der Waals surface area (Å²) in [7, 11) is 1.77. The van der Waals surface area contributed by atoms with E-state index in [1.165, 1.54) is 0 Å². The Kier molecular flexibility index (Phi) is 5.14. The van der Waals surface area contributed by atoms with E-state index < -0.39 is 5.92 Å². The van der Waals surface area contributed by atoms with Crippen LogP contribution in [0.4, 0.5) is 0 Å². The number of allylic oxidation sites excluding steroid dienone is 1. The Balaban J connectivity index is 2.00. The highest BCUT2D eigenvalue weighted by molar-refractivity contribution is 9.10. The number of benzene rings is 2. The van der Waals surface area contributed by atoms with Gasteiger partial charge in [-0.25, -0.2) is 4.68 Å². The molecular formula is C22H19BrN4O3. The van der Waals surface area contributed by atoms with Gasteiger partial charge in [-0.15, -0.1) is 0 Å². The van der Waals surface area contributed by atoms with Crippen LogP contribution in [0.25, 0.3) is 11.3 Å². The second kappa shape index (κ2) is 7.76. The third kappa shape index (κ3) is 3.17. The highest BCUT2D eigenvalue weighted by Gasteiger charge is 2.37. The number of phenolic OH excluding ortho intramolecular Hbond substituents is 1. The molecule has 2 aromatic carbocycles. The van der Waals surface area contributed by atoms with Gasteiger partial charge in [-0.3, -0.25) is 0 Å². The lowest BCUT2D eigenvalue weighted by molar-refractivity contribution is 0.316. The Labute approximate surface area is 182 Å². The van der Waals surface area contributed by atoms with E-state index in [9.17, 15) is 10.4 Å². The predicted molar refractivity (Wildman–Crippen MR) is 115 cm³/mol. The van der Waals surface area contributed by atoms with Crippen molar-refractivity contribution in [3.8, 4) is 34.7 Å². The van der Waals surface area contributed by atoms with E-state index in [1.54, 1.807) is 23.9 Å². The molecule has 0 spiro atoms. The van der Waals surface area contributed by atoms with Crippen LogP contribution in [0.1, 0.15) is 24.0 Å². The quantitative estimate of drug-likeness (QED) is 0.597. The Morgan fingerprint density at radius 3 is 2.73 bits per heavy atom. The van der Waals surface area contributed by atoms with Gasteiger partial charge in [0.15, 0.2) is 11.5 Å². The van der Waals surface area contributed by atoms with Gasteiger partial charge < -0.3 is 20.3 Å². The summed E-state index contributed by atoms with van der Waals surface area (Å²) < 4.78 is 13.5. The van der Waals surface area contributed by atoms with Crippen LogP contribution >= 0.6 is 15.9 Å². The largest absolute Gasteiger partial charge is 0.503 e. The van der Waals surface area contributed by atoms with Crippen molar-refractivity contribution in [2.75, 3.05) is 6.61 Å². The number of aryl methyl sites for hydroxylation is 1. The van der Waals surface area contributed by atoms with Crippen molar-refractivity contribution in [3.05, 3.63) is 69.5 Å². The van der Waals surface area contributed by atoms with Crippen LogP contribution in [-0.4, -0.2) is 21.5 Å². The van der Waals surface area contributed by atoms with Crippen LogP contribution in [0.2, 0.25) is 0 Å². The normalized spacial score (nSPS) is 15.3. The van der Waals surface area contributed by atoms with E-state index in [0.717, 1.165) is 16.7 Å².